The predicted octanol–water partition coefficient (Wildman–Crippen LogP) is 10.3. The van der Waals surface area contributed by atoms with E-state index in [4.69, 9.17) is 9.47 Å². The van der Waals surface area contributed by atoms with Gasteiger partial charge in [0.2, 0.25) is 0 Å². The highest BCUT2D eigenvalue weighted by Gasteiger charge is 2.23. The zero-order valence-corrected chi connectivity index (χ0v) is 27.3. The second-order valence-electron chi connectivity index (χ2n) is 12.0. The lowest BCUT2D eigenvalue weighted by Crippen LogP contribution is -2.05. The number of nitrogens with zero attached hydrogens (tertiary/aromatic N) is 4. The van der Waals surface area contributed by atoms with Crippen LogP contribution in [0.1, 0.15) is 22.4 Å². The fourth-order valence-electron chi connectivity index (χ4n) is 7.25. The van der Waals surface area contributed by atoms with Crippen molar-refractivity contribution in [1.29, 1.82) is 10.5 Å². The highest BCUT2D eigenvalue weighted by atomic mass is 16.5. The standard InChI is InChI=1S/C43H30N4O2/c1-26(48-3)13-17-36-27(2)42-33-11-7-5-9-28(33)14-18-38(42)46(36)40-21-31(25-45)41(22-30(40)24-44)47-37-20-16-32(49-4)23-35(37)43-34-12-8-6-10-29(34)15-19-39(43)47/h5-23H,1H2,2-4H3/b17-13-. The summed E-state index contributed by atoms with van der Waals surface area (Å²) >= 11 is 0. The molecule has 234 valence electrons. The van der Waals surface area contributed by atoms with E-state index in [0.29, 0.717) is 28.3 Å². The van der Waals surface area contributed by atoms with Gasteiger partial charge >= 0.3 is 0 Å². The van der Waals surface area contributed by atoms with E-state index in [0.717, 1.165) is 71.3 Å². The number of hydrogen-bond donors (Lipinski definition) is 0. The molecule has 0 unspecified atom stereocenters. The average Bonchev–Trinajstić information content (AvgIpc) is 3.64. The average molecular weight is 635 g/mol. The van der Waals surface area contributed by atoms with Crippen molar-refractivity contribution in [3.8, 4) is 29.3 Å². The van der Waals surface area contributed by atoms with Crippen LogP contribution in [0.25, 0.3) is 71.7 Å². The number of allylic oxidation sites excluding steroid dienone is 1. The molecule has 0 saturated carbocycles. The lowest BCUT2D eigenvalue weighted by Gasteiger charge is -2.16. The molecule has 6 nitrogen and oxygen atoms in total. The number of benzene rings is 6. The minimum absolute atomic E-state index is 0.434. The van der Waals surface area contributed by atoms with Gasteiger partial charge in [0.1, 0.15) is 23.6 Å². The van der Waals surface area contributed by atoms with Gasteiger partial charge in [0.25, 0.3) is 0 Å². The van der Waals surface area contributed by atoms with Crippen LogP contribution < -0.4 is 4.74 Å². The first-order chi connectivity index (χ1) is 24.0. The van der Waals surface area contributed by atoms with Crippen LogP contribution in [0, 0.1) is 29.6 Å². The normalized spacial score (nSPS) is 11.5. The maximum Gasteiger partial charge on any atom is 0.119 e. The summed E-state index contributed by atoms with van der Waals surface area (Å²) in [4.78, 5) is 0. The third-order valence-corrected chi connectivity index (χ3v) is 9.54. The third kappa shape index (κ3) is 4.47. The van der Waals surface area contributed by atoms with E-state index in [9.17, 15) is 10.5 Å². The Morgan fingerprint density at radius 3 is 1.86 bits per heavy atom. The molecule has 0 atom stereocenters. The molecule has 0 aliphatic heterocycles. The molecule has 49 heavy (non-hydrogen) atoms. The molecule has 0 fully saturated rings. The number of hydrogen-bond acceptors (Lipinski definition) is 4. The number of fused-ring (bicyclic) bond motifs is 8. The highest BCUT2D eigenvalue weighted by Crippen LogP contribution is 2.41. The van der Waals surface area contributed by atoms with E-state index in [-0.39, 0.29) is 0 Å². The van der Waals surface area contributed by atoms with Gasteiger partial charge in [-0.05, 0) is 88.6 Å². The van der Waals surface area contributed by atoms with Crippen LogP contribution in [0.3, 0.4) is 0 Å². The summed E-state index contributed by atoms with van der Waals surface area (Å²) in [6.45, 7) is 6.07. The maximum atomic E-state index is 10.8. The number of aryl methyl sites for hydroxylation is 1. The first kappa shape index (κ1) is 29.6. The molecular weight excluding hydrogens is 604 g/mol. The molecular formula is C43H30N4O2. The van der Waals surface area contributed by atoms with Crippen molar-refractivity contribution < 1.29 is 9.47 Å². The summed E-state index contributed by atoms with van der Waals surface area (Å²) in [6.07, 6.45) is 3.78. The Bertz CT molecular complexity index is 2800. The summed E-state index contributed by atoms with van der Waals surface area (Å²) in [5.41, 5.74) is 6.81. The topological polar surface area (TPSA) is 75.9 Å². The Balaban J connectivity index is 1.47. The Labute approximate surface area is 283 Å². The van der Waals surface area contributed by atoms with Crippen molar-refractivity contribution in [2.45, 2.75) is 6.92 Å². The first-order valence-corrected chi connectivity index (χ1v) is 15.9. The number of methoxy groups -OCH3 is 2. The molecule has 2 heterocycles. The molecule has 0 saturated heterocycles. The minimum Gasteiger partial charge on any atom is -0.497 e. The Morgan fingerprint density at radius 2 is 1.24 bits per heavy atom. The van der Waals surface area contributed by atoms with Gasteiger partial charge in [-0.3, -0.25) is 0 Å². The molecule has 8 aromatic rings. The number of nitriles is 2. The van der Waals surface area contributed by atoms with Crippen LogP contribution in [0.5, 0.6) is 5.75 Å². The molecule has 0 N–H and O–H groups in total. The summed E-state index contributed by atoms with van der Waals surface area (Å²) in [5.74, 6) is 1.25. The van der Waals surface area contributed by atoms with Crippen LogP contribution >= 0.6 is 0 Å². The van der Waals surface area contributed by atoms with Crippen molar-refractivity contribution in [1.82, 2.24) is 9.13 Å². The van der Waals surface area contributed by atoms with Gasteiger partial charge in [0.15, 0.2) is 0 Å². The van der Waals surface area contributed by atoms with Gasteiger partial charge in [-0.2, -0.15) is 10.5 Å². The summed E-state index contributed by atoms with van der Waals surface area (Å²) in [6, 6.07) is 39.6. The van der Waals surface area contributed by atoms with Crippen LogP contribution in [0.15, 0.2) is 122 Å². The van der Waals surface area contributed by atoms with Gasteiger partial charge in [-0.15, -0.1) is 0 Å². The van der Waals surface area contributed by atoms with Crippen LogP contribution in [0.2, 0.25) is 0 Å². The second kappa shape index (κ2) is 11.5. The first-order valence-electron chi connectivity index (χ1n) is 15.9. The molecule has 0 aliphatic carbocycles. The van der Waals surface area contributed by atoms with Crippen molar-refractivity contribution >= 4 is 60.3 Å². The molecule has 6 aromatic carbocycles. The fraction of sp³-hybridized carbons (Fsp3) is 0.0698. The van der Waals surface area contributed by atoms with Crippen molar-refractivity contribution in [2.75, 3.05) is 14.2 Å². The van der Waals surface area contributed by atoms with Gasteiger partial charge in [0.05, 0.1) is 53.3 Å². The predicted molar refractivity (Wildman–Crippen MR) is 199 cm³/mol. The number of rotatable bonds is 6. The monoisotopic (exact) mass is 634 g/mol. The summed E-state index contributed by atoms with van der Waals surface area (Å²) in [5, 5.41) is 29.1. The molecule has 8 rings (SSSR count). The molecule has 0 spiro atoms. The Hall–Kier alpha value is -6.76. The highest BCUT2D eigenvalue weighted by molar-refractivity contribution is 6.21. The zero-order valence-electron chi connectivity index (χ0n) is 27.3. The van der Waals surface area contributed by atoms with E-state index in [1.807, 2.05) is 66.7 Å². The Morgan fingerprint density at radius 1 is 0.673 bits per heavy atom. The third-order valence-electron chi connectivity index (χ3n) is 9.54. The fourth-order valence-corrected chi connectivity index (χ4v) is 7.25. The maximum absolute atomic E-state index is 10.8. The van der Waals surface area contributed by atoms with Gasteiger partial charge in [0, 0.05) is 21.9 Å². The molecule has 0 amide bonds. The van der Waals surface area contributed by atoms with Crippen LogP contribution in [-0.2, 0) is 4.74 Å². The minimum atomic E-state index is 0.434. The SMILES string of the molecule is C=C(/C=C\c1c(C)c2c3ccccc3ccc2n1-c1cc(C#N)c(-n2c3ccc(OC)cc3c3c4ccccc4ccc32)cc1C#N)OC. The second-order valence-corrected chi connectivity index (χ2v) is 12.0. The van der Waals surface area contributed by atoms with E-state index in [1.54, 1.807) is 14.2 Å². The van der Waals surface area contributed by atoms with Gasteiger partial charge in [-0.1, -0.05) is 67.2 Å². The smallest absolute Gasteiger partial charge is 0.119 e. The van der Waals surface area contributed by atoms with Crippen molar-refractivity contribution in [3.63, 3.8) is 0 Å². The van der Waals surface area contributed by atoms with Crippen LogP contribution in [0.4, 0.5) is 0 Å². The molecule has 0 aliphatic rings. The lowest BCUT2D eigenvalue weighted by molar-refractivity contribution is 0.309. The molecule has 0 radical (unpaired) electrons. The van der Waals surface area contributed by atoms with E-state index in [2.05, 4.69) is 83.3 Å². The number of aromatic nitrogens is 2. The van der Waals surface area contributed by atoms with Crippen LogP contribution in [-0.4, -0.2) is 23.4 Å². The molecule has 6 heteroatoms. The van der Waals surface area contributed by atoms with Gasteiger partial charge < -0.3 is 18.6 Å². The quantitative estimate of drug-likeness (QED) is 0.135. The zero-order chi connectivity index (χ0) is 33.8. The summed E-state index contributed by atoms with van der Waals surface area (Å²) < 4.78 is 15.2. The molecule has 0 bridgehead atoms. The summed E-state index contributed by atoms with van der Waals surface area (Å²) in [7, 11) is 3.25. The van der Waals surface area contributed by atoms with E-state index < -0.39 is 0 Å². The van der Waals surface area contributed by atoms with Crippen molar-refractivity contribution in [3.05, 3.63) is 144 Å². The van der Waals surface area contributed by atoms with E-state index >= 15 is 0 Å². The Kier molecular flexibility index (Phi) is 6.95. The van der Waals surface area contributed by atoms with E-state index in [1.165, 1.54) is 0 Å². The van der Waals surface area contributed by atoms with Crippen molar-refractivity contribution in [2.24, 2.45) is 0 Å². The molecule has 2 aromatic heterocycles. The number of ether oxygens (including phenoxy) is 2. The largest absolute Gasteiger partial charge is 0.497 e. The van der Waals surface area contributed by atoms with Gasteiger partial charge in [-0.25, -0.2) is 0 Å². The lowest BCUT2D eigenvalue weighted by atomic mass is 10.0.